The first-order valence-electron chi connectivity index (χ1n) is 6.18. The highest BCUT2D eigenvalue weighted by Crippen LogP contribution is 2.30. The number of hydrogen-bond donors (Lipinski definition) is 2. The number of rotatable bonds is 4. The lowest BCUT2D eigenvalue weighted by molar-refractivity contribution is 0.575. The number of nitrogens with one attached hydrogen (secondary N) is 2. The van der Waals surface area contributed by atoms with Crippen LogP contribution in [-0.4, -0.2) is 12.0 Å². The maximum absolute atomic E-state index is 13.4. The second-order valence-corrected chi connectivity index (χ2v) is 4.31. The summed E-state index contributed by atoms with van der Waals surface area (Å²) < 4.78 is 13.4. The fourth-order valence-electron chi connectivity index (χ4n) is 2.47. The van der Waals surface area contributed by atoms with Crippen LogP contribution in [0.15, 0.2) is 18.2 Å². The van der Waals surface area contributed by atoms with Gasteiger partial charge in [0.15, 0.2) is 0 Å². The monoisotopic (exact) mass is 234 g/mol. The van der Waals surface area contributed by atoms with E-state index in [0.717, 1.165) is 23.7 Å². The average molecular weight is 234 g/mol. The third-order valence-electron chi connectivity index (χ3n) is 3.34. The van der Waals surface area contributed by atoms with Crippen LogP contribution in [-0.2, 0) is 6.42 Å². The molecule has 1 aromatic carbocycles. The van der Waals surface area contributed by atoms with Crippen LogP contribution in [0.3, 0.4) is 0 Å². The zero-order chi connectivity index (χ0) is 12.4. The third-order valence-corrected chi connectivity index (χ3v) is 3.34. The van der Waals surface area contributed by atoms with E-state index in [1.54, 1.807) is 6.07 Å². The Morgan fingerprint density at radius 2 is 2.12 bits per heavy atom. The molecule has 0 aliphatic carbocycles. The van der Waals surface area contributed by atoms with Gasteiger partial charge in [-0.1, -0.05) is 13.8 Å². The molecule has 2 aromatic rings. The van der Waals surface area contributed by atoms with Crippen molar-refractivity contribution in [2.24, 2.45) is 0 Å². The zero-order valence-corrected chi connectivity index (χ0v) is 10.6. The standard InChI is InChI=1S/C14H19FN2/c1-4-11(16-3)14-10-8-9(15)6-7-13(10)17-12(14)5-2/h6-8,11,16-17H,4-5H2,1-3H3. The van der Waals surface area contributed by atoms with Crippen molar-refractivity contribution in [3.05, 3.63) is 35.3 Å². The molecule has 0 aliphatic heterocycles. The number of fused-ring (bicyclic) bond motifs is 1. The number of aromatic amines is 1. The van der Waals surface area contributed by atoms with Gasteiger partial charge in [-0.2, -0.15) is 0 Å². The SMILES string of the molecule is CCc1[nH]c2ccc(F)cc2c1C(CC)NC. The first-order valence-corrected chi connectivity index (χ1v) is 6.18. The number of benzene rings is 1. The Labute approximate surface area is 101 Å². The van der Waals surface area contributed by atoms with E-state index >= 15 is 0 Å². The van der Waals surface area contributed by atoms with Gasteiger partial charge in [0.2, 0.25) is 0 Å². The summed E-state index contributed by atoms with van der Waals surface area (Å²) in [5.41, 5.74) is 3.44. The van der Waals surface area contributed by atoms with E-state index in [4.69, 9.17) is 0 Å². The second-order valence-electron chi connectivity index (χ2n) is 4.31. The van der Waals surface area contributed by atoms with Gasteiger partial charge < -0.3 is 10.3 Å². The predicted octanol–water partition coefficient (Wildman–Crippen LogP) is 3.54. The topological polar surface area (TPSA) is 27.8 Å². The Morgan fingerprint density at radius 1 is 1.35 bits per heavy atom. The lowest BCUT2D eigenvalue weighted by Gasteiger charge is -2.15. The Kier molecular flexibility index (Phi) is 3.48. The van der Waals surface area contributed by atoms with Gasteiger partial charge in [-0.05, 0) is 43.7 Å². The van der Waals surface area contributed by atoms with Crippen LogP contribution in [0.5, 0.6) is 0 Å². The minimum Gasteiger partial charge on any atom is -0.358 e. The summed E-state index contributed by atoms with van der Waals surface area (Å²) in [5, 5.41) is 4.30. The Morgan fingerprint density at radius 3 is 2.71 bits per heavy atom. The summed E-state index contributed by atoms with van der Waals surface area (Å²) >= 11 is 0. The molecule has 0 saturated carbocycles. The van der Waals surface area contributed by atoms with Crippen molar-refractivity contribution in [2.75, 3.05) is 7.05 Å². The maximum atomic E-state index is 13.4. The van der Waals surface area contributed by atoms with Crippen molar-refractivity contribution in [1.82, 2.24) is 10.3 Å². The quantitative estimate of drug-likeness (QED) is 0.832. The molecule has 0 fully saturated rings. The van der Waals surface area contributed by atoms with Crippen molar-refractivity contribution < 1.29 is 4.39 Å². The van der Waals surface area contributed by atoms with Crippen LogP contribution in [0.2, 0.25) is 0 Å². The van der Waals surface area contributed by atoms with Crippen LogP contribution in [0.4, 0.5) is 4.39 Å². The molecule has 0 spiro atoms. The van der Waals surface area contributed by atoms with Gasteiger partial charge in [-0.25, -0.2) is 4.39 Å². The molecule has 1 atom stereocenters. The van der Waals surface area contributed by atoms with Crippen LogP contribution in [0, 0.1) is 5.82 Å². The van der Waals surface area contributed by atoms with Gasteiger partial charge in [-0.15, -0.1) is 0 Å². The van der Waals surface area contributed by atoms with Crippen molar-refractivity contribution in [3.63, 3.8) is 0 Å². The summed E-state index contributed by atoms with van der Waals surface area (Å²) in [5.74, 6) is -0.175. The summed E-state index contributed by atoms with van der Waals surface area (Å²) in [6.45, 7) is 4.26. The van der Waals surface area contributed by atoms with Crippen LogP contribution < -0.4 is 5.32 Å². The van der Waals surface area contributed by atoms with Gasteiger partial charge in [0.25, 0.3) is 0 Å². The molecule has 0 radical (unpaired) electrons. The number of halogens is 1. The molecule has 2 N–H and O–H groups in total. The minimum absolute atomic E-state index is 0.175. The predicted molar refractivity (Wildman–Crippen MR) is 69.7 cm³/mol. The Hall–Kier alpha value is -1.35. The second kappa shape index (κ2) is 4.88. The number of aromatic nitrogens is 1. The van der Waals surface area contributed by atoms with E-state index < -0.39 is 0 Å². The molecule has 0 aliphatic rings. The van der Waals surface area contributed by atoms with Crippen LogP contribution in [0.1, 0.15) is 37.6 Å². The Balaban J connectivity index is 2.67. The summed E-state index contributed by atoms with van der Waals surface area (Å²) in [7, 11) is 1.95. The molecule has 1 aromatic heterocycles. The van der Waals surface area contributed by atoms with Crippen molar-refractivity contribution in [2.45, 2.75) is 32.7 Å². The van der Waals surface area contributed by atoms with E-state index in [-0.39, 0.29) is 11.9 Å². The molecule has 0 saturated heterocycles. The smallest absolute Gasteiger partial charge is 0.123 e. The summed E-state index contributed by atoms with van der Waals surface area (Å²) in [6, 6.07) is 5.22. The van der Waals surface area contributed by atoms with E-state index in [2.05, 4.69) is 24.1 Å². The molecule has 1 unspecified atom stereocenters. The molecule has 2 nitrogen and oxygen atoms in total. The molecule has 92 valence electrons. The normalized spacial score (nSPS) is 13.2. The van der Waals surface area contributed by atoms with Crippen LogP contribution in [0.25, 0.3) is 10.9 Å². The highest BCUT2D eigenvalue weighted by atomic mass is 19.1. The van der Waals surface area contributed by atoms with Gasteiger partial charge in [0, 0.05) is 22.6 Å². The first kappa shape index (κ1) is 12.1. The highest BCUT2D eigenvalue weighted by molar-refractivity contribution is 5.85. The molecule has 3 heteroatoms. The molecule has 0 bridgehead atoms. The Bertz CT molecular complexity index is 512. The van der Waals surface area contributed by atoms with Crippen molar-refractivity contribution in [3.8, 4) is 0 Å². The van der Waals surface area contributed by atoms with E-state index in [1.165, 1.54) is 17.3 Å². The first-order chi connectivity index (χ1) is 8.21. The average Bonchev–Trinajstić information content (AvgIpc) is 2.69. The summed E-state index contributed by atoms with van der Waals surface area (Å²) in [4.78, 5) is 3.38. The van der Waals surface area contributed by atoms with E-state index in [0.29, 0.717) is 0 Å². The number of aryl methyl sites for hydroxylation is 1. The fourth-order valence-corrected chi connectivity index (χ4v) is 2.47. The maximum Gasteiger partial charge on any atom is 0.123 e. The molecule has 1 heterocycles. The molecular formula is C14H19FN2. The minimum atomic E-state index is -0.175. The van der Waals surface area contributed by atoms with Gasteiger partial charge in [0.1, 0.15) is 5.82 Å². The van der Waals surface area contributed by atoms with Gasteiger partial charge in [0.05, 0.1) is 0 Å². The molecule has 0 amide bonds. The van der Waals surface area contributed by atoms with E-state index in [1.807, 2.05) is 13.1 Å². The van der Waals surface area contributed by atoms with Gasteiger partial charge >= 0.3 is 0 Å². The zero-order valence-electron chi connectivity index (χ0n) is 10.6. The van der Waals surface area contributed by atoms with Crippen molar-refractivity contribution in [1.29, 1.82) is 0 Å². The largest absolute Gasteiger partial charge is 0.358 e. The third kappa shape index (κ3) is 2.07. The summed E-state index contributed by atoms with van der Waals surface area (Å²) in [6.07, 6.45) is 1.93. The van der Waals surface area contributed by atoms with Crippen molar-refractivity contribution >= 4 is 10.9 Å². The molecule has 2 rings (SSSR count). The number of hydrogen-bond acceptors (Lipinski definition) is 1. The lowest BCUT2D eigenvalue weighted by Crippen LogP contribution is -2.16. The molecule has 17 heavy (non-hydrogen) atoms. The van der Waals surface area contributed by atoms with Crippen LogP contribution >= 0.6 is 0 Å². The number of H-pyrrole nitrogens is 1. The fraction of sp³-hybridized carbons (Fsp3) is 0.429. The van der Waals surface area contributed by atoms with Gasteiger partial charge in [-0.3, -0.25) is 0 Å². The highest BCUT2D eigenvalue weighted by Gasteiger charge is 2.17. The molecular weight excluding hydrogens is 215 g/mol. The lowest BCUT2D eigenvalue weighted by atomic mass is 9.99. The van der Waals surface area contributed by atoms with E-state index in [9.17, 15) is 4.39 Å².